The minimum absolute atomic E-state index is 0.0111. The molecule has 154 valence electrons. The van der Waals surface area contributed by atoms with Gasteiger partial charge in [0.1, 0.15) is 11.5 Å². The fourth-order valence-electron chi connectivity index (χ4n) is 3.60. The summed E-state index contributed by atoms with van der Waals surface area (Å²) in [6.07, 6.45) is 1.46. The molecule has 0 aliphatic carbocycles. The second-order valence-electron chi connectivity index (χ2n) is 7.41. The molecular formula is C25H26N2O3. The summed E-state index contributed by atoms with van der Waals surface area (Å²) in [5.41, 5.74) is 6.75. The van der Waals surface area contributed by atoms with Crippen LogP contribution in [0.5, 0.6) is 11.5 Å². The Balaban J connectivity index is 1.67. The molecule has 1 N–H and O–H groups in total. The van der Waals surface area contributed by atoms with Crippen LogP contribution in [0.25, 0.3) is 6.08 Å². The molecule has 0 spiro atoms. The van der Waals surface area contributed by atoms with Crippen molar-refractivity contribution in [2.45, 2.75) is 33.9 Å². The molecule has 0 amide bonds. The molecule has 30 heavy (non-hydrogen) atoms. The molecule has 5 nitrogen and oxygen atoms in total. The summed E-state index contributed by atoms with van der Waals surface area (Å²) in [4.78, 5) is 10.6. The monoisotopic (exact) mass is 402 g/mol. The molecule has 0 radical (unpaired) electrons. The number of aryl methyl sites for hydroxylation is 3. The predicted octanol–water partition coefficient (Wildman–Crippen LogP) is 6.25. The SMILES string of the molecule is C=Cc1cc(Oc2cccc(CNCc3c(C)cc(C)cc3C)c2)ccc1[N+](=O)[O-]. The summed E-state index contributed by atoms with van der Waals surface area (Å²) in [6.45, 7) is 11.6. The second kappa shape index (κ2) is 9.37. The maximum atomic E-state index is 11.1. The van der Waals surface area contributed by atoms with Gasteiger partial charge in [-0.05, 0) is 67.3 Å². The molecule has 0 atom stereocenters. The Kier molecular flexibility index (Phi) is 6.65. The molecule has 3 rings (SSSR count). The van der Waals surface area contributed by atoms with Crippen molar-refractivity contribution in [3.05, 3.63) is 105 Å². The number of nitro benzene ring substituents is 1. The van der Waals surface area contributed by atoms with E-state index in [0.717, 1.165) is 12.1 Å². The van der Waals surface area contributed by atoms with Crippen molar-refractivity contribution < 1.29 is 9.66 Å². The highest BCUT2D eigenvalue weighted by Crippen LogP contribution is 2.28. The van der Waals surface area contributed by atoms with Gasteiger partial charge in [0, 0.05) is 19.2 Å². The van der Waals surface area contributed by atoms with Crippen LogP contribution in [-0.4, -0.2) is 4.92 Å². The third kappa shape index (κ3) is 5.13. The Hall–Kier alpha value is -3.44. The second-order valence-corrected chi connectivity index (χ2v) is 7.41. The van der Waals surface area contributed by atoms with Crippen LogP contribution in [0, 0.1) is 30.9 Å². The largest absolute Gasteiger partial charge is 0.457 e. The molecule has 0 bridgehead atoms. The highest BCUT2D eigenvalue weighted by Gasteiger charge is 2.12. The number of benzene rings is 3. The van der Waals surface area contributed by atoms with E-state index in [1.807, 2.05) is 24.3 Å². The number of hydrogen-bond donors (Lipinski definition) is 1. The summed E-state index contributed by atoms with van der Waals surface area (Å²) >= 11 is 0. The van der Waals surface area contributed by atoms with Gasteiger partial charge in [-0.3, -0.25) is 10.1 Å². The van der Waals surface area contributed by atoms with E-state index in [0.29, 0.717) is 23.6 Å². The number of nitrogens with zero attached hydrogens (tertiary/aromatic N) is 1. The number of rotatable bonds is 8. The lowest BCUT2D eigenvalue weighted by Gasteiger charge is -2.13. The number of hydrogen-bond acceptors (Lipinski definition) is 4. The highest BCUT2D eigenvalue weighted by atomic mass is 16.6. The van der Waals surface area contributed by atoms with E-state index < -0.39 is 4.92 Å². The minimum Gasteiger partial charge on any atom is -0.457 e. The third-order valence-corrected chi connectivity index (χ3v) is 5.02. The van der Waals surface area contributed by atoms with Crippen LogP contribution >= 0.6 is 0 Å². The standard InChI is InChI=1S/C25H26N2O3/c1-5-21-14-23(9-10-25(21)27(28)29)30-22-8-6-7-20(13-22)15-26-16-24-18(3)11-17(2)12-19(24)4/h5-14,26H,1,15-16H2,2-4H3. The molecule has 0 aliphatic heterocycles. The molecule has 0 aliphatic rings. The van der Waals surface area contributed by atoms with Gasteiger partial charge in [0.2, 0.25) is 0 Å². The van der Waals surface area contributed by atoms with Gasteiger partial charge in [-0.2, -0.15) is 0 Å². The summed E-state index contributed by atoms with van der Waals surface area (Å²) < 4.78 is 5.91. The molecule has 3 aromatic carbocycles. The average molecular weight is 402 g/mol. The molecule has 5 heteroatoms. The van der Waals surface area contributed by atoms with E-state index in [9.17, 15) is 10.1 Å². The van der Waals surface area contributed by atoms with E-state index in [2.05, 4.69) is 44.8 Å². The van der Waals surface area contributed by atoms with Crippen molar-refractivity contribution in [1.82, 2.24) is 5.32 Å². The Labute approximate surface area is 177 Å². The fourth-order valence-corrected chi connectivity index (χ4v) is 3.60. The first kappa shape index (κ1) is 21.3. The number of nitro groups is 1. The lowest BCUT2D eigenvalue weighted by molar-refractivity contribution is -0.385. The van der Waals surface area contributed by atoms with Crippen molar-refractivity contribution in [2.24, 2.45) is 0 Å². The van der Waals surface area contributed by atoms with E-state index in [1.54, 1.807) is 12.1 Å². The van der Waals surface area contributed by atoms with Crippen LogP contribution in [0.2, 0.25) is 0 Å². The zero-order valence-corrected chi connectivity index (χ0v) is 17.6. The first-order chi connectivity index (χ1) is 14.4. The van der Waals surface area contributed by atoms with E-state index in [1.165, 1.54) is 34.4 Å². The van der Waals surface area contributed by atoms with Gasteiger partial charge in [0.25, 0.3) is 5.69 Å². The zero-order chi connectivity index (χ0) is 21.7. The third-order valence-electron chi connectivity index (χ3n) is 5.02. The quantitative estimate of drug-likeness (QED) is 0.357. The fraction of sp³-hybridized carbons (Fsp3) is 0.200. The molecule has 0 unspecified atom stereocenters. The van der Waals surface area contributed by atoms with E-state index >= 15 is 0 Å². The Morgan fingerprint density at radius 3 is 2.37 bits per heavy atom. The van der Waals surface area contributed by atoms with E-state index in [4.69, 9.17) is 4.74 Å². The Morgan fingerprint density at radius 1 is 1.00 bits per heavy atom. The summed E-state index contributed by atoms with van der Waals surface area (Å²) in [5.74, 6) is 1.22. The van der Waals surface area contributed by atoms with Gasteiger partial charge < -0.3 is 10.1 Å². The van der Waals surface area contributed by atoms with Crippen molar-refractivity contribution in [3.8, 4) is 11.5 Å². The lowest BCUT2D eigenvalue weighted by atomic mass is 10.00. The maximum absolute atomic E-state index is 11.1. The van der Waals surface area contributed by atoms with Gasteiger partial charge in [0.05, 0.1) is 10.5 Å². The molecule has 0 heterocycles. The summed E-state index contributed by atoms with van der Waals surface area (Å²) in [6, 6.07) is 16.9. The molecule has 3 aromatic rings. The van der Waals surface area contributed by atoms with E-state index in [-0.39, 0.29) is 5.69 Å². The molecule has 0 saturated carbocycles. The molecule has 0 fully saturated rings. The molecule has 0 saturated heterocycles. The Bertz CT molecular complexity index is 1070. The highest BCUT2D eigenvalue weighted by molar-refractivity contribution is 5.62. The average Bonchev–Trinajstić information content (AvgIpc) is 2.70. The van der Waals surface area contributed by atoms with Crippen molar-refractivity contribution in [3.63, 3.8) is 0 Å². The van der Waals surface area contributed by atoms with Crippen LogP contribution in [0.4, 0.5) is 5.69 Å². The van der Waals surface area contributed by atoms with Crippen LogP contribution < -0.4 is 10.1 Å². The van der Waals surface area contributed by atoms with Gasteiger partial charge >= 0.3 is 0 Å². The first-order valence-corrected chi connectivity index (χ1v) is 9.82. The van der Waals surface area contributed by atoms with Crippen LogP contribution in [0.3, 0.4) is 0 Å². The maximum Gasteiger partial charge on any atom is 0.276 e. The predicted molar refractivity (Wildman–Crippen MR) is 121 cm³/mol. The van der Waals surface area contributed by atoms with Crippen molar-refractivity contribution in [2.75, 3.05) is 0 Å². The van der Waals surface area contributed by atoms with Gasteiger partial charge in [-0.25, -0.2) is 0 Å². The van der Waals surface area contributed by atoms with Gasteiger partial charge in [0.15, 0.2) is 0 Å². The lowest BCUT2D eigenvalue weighted by Crippen LogP contribution is -2.14. The number of ether oxygens (including phenoxy) is 1. The van der Waals surface area contributed by atoms with Crippen LogP contribution in [-0.2, 0) is 13.1 Å². The summed E-state index contributed by atoms with van der Waals surface area (Å²) in [5, 5.41) is 14.6. The van der Waals surface area contributed by atoms with Crippen molar-refractivity contribution >= 4 is 11.8 Å². The first-order valence-electron chi connectivity index (χ1n) is 9.82. The van der Waals surface area contributed by atoms with Gasteiger partial charge in [-0.15, -0.1) is 0 Å². The van der Waals surface area contributed by atoms with Crippen molar-refractivity contribution in [1.29, 1.82) is 0 Å². The van der Waals surface area contributed by atoms with Gasteiger partial charge in [-0.1, -0.05) is 42.5 Å². The van der Waals surface area contributed by atoms with Crippen LogP contribution in [0.1, 0.15) is 33.4 Å². The Morgan fingerprint density at radius 2 is 1.70 bits per heavy atom. The van der Waals surface area contributed by atoms with Crippen LogP contribution in [0.15, 0.2) is 61.2 Å². The summed E-state index contributed by atoms with van der Waals surface area (Å²) in [7, 11) is 0. The normalized spacial score (nSPS) is 10.6. The minimum atomic E-state index is -0.426. The smallest absolute Gasteiger partial charge is 0.276 e. The molecular weight excluding hydrogens is 376 g/mol. The topological polar surface area (TPSA) is 64.4 Å². The molecule has 0 aromatic heterocycles. The number of nitrogens with one attached hydrogen (secondary N) is 1. The zero-order valence-electron chi connectivity index (χ0n) is 17.6.